The molecule has 6 nitrogen and oxygen atoms in total. The average Bonchev–Trinajstić information content (AvgIpc) is 2.48. The van der Waals surface area contributed by atoms with Crippen molar-refractivity contribution in [1.29, 1.82) is 0 Å². The maximum Gasteiger partial charge on any atom is 0.241 e. The third kappa shape index (κ3) is 4.44. The van der Waals surface area contributed by atoms with Crippen molar-refractivity contribution in [2.24, 2.45) is 5.14 Å². The highest BCUT2D eigenvalue weighted by Gasteiger charge is 2.16. The molecule has 0 aliphatic rings. The lowest BCUT2D eigenvalue weighted by molar-refractivity contribution is -0.115. The number of sulfonamides is 1. The summed E-state index contributed by atoms with van der Waals surface area (Å²) in [6, 6.07) is 11.2. The van der Waals surface area contributed by atoms with Crippen molar-refractivity contribution in [3.05, 3.63) is 53.1 Å². The molecule has 2 rings (SSSR count). The van der Waals surface area contributed by atoms with Gasteiger partial charge < -0.3 is 10.1 Å². The SMILES string of the molecule is COc1ccc(NC(=O)Cc2ccccc2Cl)cc1S(N)(=O)=O. The topological polar surface area (TPSA) is 98.5 Å². The van der Waals surface area contributed by atoms with Crippen LogP contribution in [0.1, 0.15) is 5.56 Å². The molecule has 0 saturated carbocycles. The Balaban J connectivity index is 2.20. The monoisotopic (exact) mass is 354 g/mol. The molecule has 0 heterocycles. The van der Waals surface area contributed by atoms with E-state index in [1.807, 2.05) is 0 Å². The van der Waals surface area contributed by atoms with Gasteiger partial charge in [0.05, 0.1) is 13.5 Å². The van der Waals surface area contributed by atoms with Crippen LogP contribution in [0, 0.1) is 0 Å². The van der Waals surface area contributed by atoms with E-state index in [9.17, 15) is 13.2 Å². The minimum Gasteiger partial charge on any atom is -0.495 e. The Morgan fingerprint density at radius 2 is 1.96 bits per heavy atom. The number of anilines is 1. The quantitative estimate of drug-likeness (QED) is 0.859. The summed E-state index contributed by atoms with van der Waals surface area (Å²) in [5.74, 6) is -0.222. The van der Waals surface area contributed by atoms with E-state index < -0.39 is 10.0 Å². The molecular formula is C15H15ClN2O4S. The van der Waals surface area contributed by atoms with Crippen LogP contribution in [0.15, 0.2) is 47.4 Å². The van der Waals surface area contributed by atoms with Gasteiger partial charge in [0.15, 0.2) is 0 Å². The number of benzene rings is 2. The van der Waals surface area contributed by atoms with Gasteiger partial charge in [-0.15, -0.1) is 0 Å². The molecule has 0 radical (unpaired) electrons. The Kier molecular flexibility index (Phi) is 5.25. The number of methoxy groups -OCH3 is 1. The number of hydrogen-bond acceptors (Lipinski definition) is 4. The number of amides is 1. The van der Waals surface area contributed by atoms with E-state index in [1.165, 1.54) is 25.3 Å². The molecule has 8 heteroatoms. The molecule has 0 aliphatic heterocycles. The summed E-state index contributed by atoms with van der Waals surface area (Å²) in [5, 5.41) is 8.24. The van der Waals surface area contributed by atoms with Crippen molar-refractivity contribution in [2.45, 2.75) is 11.3 Å². The second kappa shape index (κ2) is 6.99. The number of halogens is 1. The zero-order chi connectivity index (χ0) is 17.0. The summed E-state index contributed by atoms with van der Waals surface area (Å²) in [5.41, 5.74) is 0.971. The van der Waals surface area contributed by atoms with Gasteiger partial charge in [-0.3, -0.25) is 4.79 Å². The smallest absolute Gasteiger partial charge is 0.241 e. The second-order valence-corrected chi connectivity index (χ2v) is 6.66. The molecule has 2 aromatic rings. The lowest BCUT2D eigenvalue weighted by Gasteiger charge is -2.10. The van der Waals surface area contributed by atoms with Crippen molar-refractivity contribution in [3.8, 4) is 5.75 Å². The Morgan fingerprint density at radius 1 is 1.26 bits per heavy atom. The molecule has 0 fully saturated rings. The van der Waals surface area contributed by atoms with E-state index >= 15 is 0 Å². The van der Waals surface area contributed by atoms with Crippen LogP contribution in [0.3, 0.4) is 0 Å². The maximum atomic E-state index is 12.1. The van der Waals surface area contributed by atoms with E-state index in [2.05, 4.69) is 5.32 Å². The lowest BCUT2D eigenvalue weighted by Crippen LogP contribution is -2.17. The molecule has 0 bridgehead atoms. The fourth-order valence-corrected chi connectivity index (χ4v) is 2.92. The van der Waals surface area contributed by atoms with Gasteiger partial charge in [0.2, 0.25) is 15.9 Å². The third-order valence-electron chi connectivity index (χ3n) is 3.06. The van der Waals surface area contributed by atoms with E-state index in [0.29, 0.717) is 16.3 Å². The highest BCUT2D eigenvalue weighted by Crippen LogP contribution is 2.26. The predicted octanol–water partition coefficient (Wildman–Crippen LogP) is 2.18. The average molecular weight is 355 g/mol. The van der Waals surface area contributed by atoms with Gasteiger partial charge in [-0.2, -0.15) is 0 Å². The van der Waals surface area contributed by atoms with Gasteiger partial charge in [-0.25, -0.2) is 13.6 Å². The van der Waals surface area contributed by atoms with E-state index in [1.54, 1.807) is 24.3 Å². The molecule has 0 saturated heterocycles. The number of carbonyl (C=O) groups is 1. The van der Waals surface area contributed by atoms with Crippen LogP contribution < -0.4 is 15.2 Å². The molecule has 122 valence electrons. The summed E-state index contributed by atoms with van der Waals surface area (Å²) in [7, 11) is -2.63. The minimum absolute atomic E-state index is 0.0659. The lowest BCUT2D eigenvalue weighted by atomic mass is 10.1. The van der Waals surface area contributed by atoms with E-state index in [4.69, 9.17) is 21.5 Å². The number of carbonyl (C=O) groups excluding carboxylic acids is 1. The van der Waals surface area contributed by atoms with Crippen molar-refractivity contribution in [2.75, 3.05) is 12.4 Å². The summed E-state index contributed by atoms with van der Waals surface area (Å²) in [6.07, 6.45) is 0.0659. The minimum atomic E-state index is -3.97. The van der Waals surface area contributed by atoms with E-state index in [0.717, 1.165) is 0 Å². The van der Waals surface area contributed by atoms with Gasteiger partial charge >= 0.3 is 0 Å². The third-order valence-corrected chi connectivity index (χ3v) is 4.36. The highest BCUT2D eigenvalue weighted by atomic mass is 35.5. The molecule has 0 aromatic heterocycles. The molecule has 2 aromatic carbocycles. The van der Waals surface area contributed by atoms with Crippen LogP contribution in [-0.4, -0.2) is 21.4 Å². The Bertz CT molecular complexity index is 837. The first-order chi connectivity index (χ1) is 10.8. The molecular weight excluding hydrogens is 340 g/mol. The fourth-order valence-electron chi connectivity index (χ4n) is 2.00. The van der Waals surface area contributed by atoms with Crippen LogP contribution in [0.2, 0.25) is 5.02 Å². The van der Waals surface area contributed by atoms with Gasteiger partial charge in [-0.1, -0.05) is 29.8 Å². The van der Waals surface area contributed by atoms with Crippen molar-refractivity contribution in [3.63, 3.8) is 0 Å². The zero-order valence-electron chi connectivity index (χ0n) is 12.2. The number of primary sulfonamides is 1. The molecule has 1 amide bonds. The van der Waals surface area contributed by atoms with Crippen molar-refractivity contribution < 1.29 is 17.9 Å². The van der Waals surface area contributed by atoms with Gasteiger partial charge in [-0.05, 0) is 29.8 Å². The Hall–Kier alpha value is -2.09. The number of ether oxygens (including phenoxy) is 1. The summed E-state index contributed by atoms with van der Waals surface area (Å²) < 4.78 is 28.1. The summed E-state index contributed by atoms with van der Waals surface area (Å²) >= 11 is 6.00. The first kappa shape index (κ1) is 17.3. The van der Waals surface area contributed by atoms with E-state index in [-0.39, 0.29) is 23.0 Å². The van der Waals surface area contributed by atoms with Gasteiger partial charge in [0.1, 0.15) is 10.6 Å². The number of hydrogen-bond donors (Lipinski definition) is 2. The molecule has 0 atom stereocenters. The largest absolute Gasteiger partial charge is 0.495 e. The second-order valence-electron chi connectivity index (χ2n) is 4.73. The number of nitrogens with one attached hydrogen (secondary N) is 1. The standard InChI is InChI=1S/C15H15ClN2O4S/c1-22-13-7-6-11(9-14(13)23(17,20)21)18-15(19)8-10-4-2-3-5-12(10)16/h2-7,9H,8H2,1H3,(H,18,19)(H2,17,20,21). The highest BCUT2D eigenvalue weighted by molar-refractivity contribution is 7.89. The predicted molar refractivity (Wildman–Crippen MR) is 88.2 cm³/mol. The maximum absolute atomic E-state index is 12.1. The first-order valence-electron chi connectivity index (χ1n) is 6.55. The molecule has 0 spiro atoms. The van der Waals surface area contributed by atoms with Crippen molar-refractivity contribution in [1.82, 2.24) is 0 Å². The Labute approximate surface area is 139 Å². The Morgan fingerprint density at radius 3 is 2.57 bits per heavy atom. The van der Waals surface area contributed by atoms with Crippen molar-refractivity contribution >= 4 is 33.2 Å². The van der Waals surface area contributed by atoms with Crippen LogP contribution in [-0.2, 0) is 21.2 Å². The number of nitrogens with two attached hydrogens (primary N) is 1. The first-order valence-corrected chi connectivity index (χ1v) is 8.48. The van der Waals surface area contributed by atoms with Crippen LogP contribution in [0.5, 0.6) is 5.75 Å². The van der Waals surface area contributed by atoms with Crippen LogP contribution in [0.25, 0.3) is 0 Å². The van der Waals surface area contributed by atoms with Gasteiger partial charge in [0, 0.05) is 10.7 Å². The molecule has 0 aliphatic carbocycles. The van der Waals surface area contributed by atoms with Gasteiger partial charge in [0.25, 0.3) is 0 Å². The molecule has 3 N–H and O–H groups in total. The summed E-state index contributed by atoms with van der Waals surface area (Å²) in [4.78, 5) is 11.9. The van der Waals surface area contributed by atoms with Crippen LogP contribution in [0.4, 0.5) is 5.69 Å². The zero-order valence-corrected chi connectivity index (χ0v) is 13.8. The fraction of sp³-hybridized carbons (Fsp3) is 0.133. The normalized spacial score (nSPS) is 11.1. The molecule has 0 unspecified atom stereocenters. The molecule has 23 heavy (non-hydrogen) atoms. The number of rotatable bonds is 5. The van der Waals surface area contributed by atoms with Crippen LogP contribution >= 0.6 is 11.6 Å². The summed E-state index contributed by atoms with van der Waals surface area (Å²) in [6.45, 7) is 0.